The van der Waals surface area contributed by atoms with Crippen molar-refractivity contribution in [2.24, 2.45) is 22.9 Å². The zero-order valence-corrected chi connectivity index (χ0v) is 6.38. The van der Waals surface area contributed by atoms with Gasteiger partial charge >= 0.3 is 0 Å². The second kappa shape index (κ2) is 3500. The molecule has 0 aliphatic carbocycles. The summed E-state index contributed by atoms with van der Waals surface area (Å²) >= 11 is 0. The van der Waals surface area contributed by atoms with Crippen molar-refractivity contribution in [1.82, 2.24) is 0 Å². The number of hydrogen-bond acceptors (Lipinski definition) is 4. The van der Waals surface area contributed by atoms with Crippen LogP contribution in [0.1, 0.15) is 0 Å². The van der Waals surface area contributed by atoms with Gasteiger partial charge in [0.25, 0.3) is 0 Å². The molecule has 0 aromatic heterocycles. The maximum absolute atomic E-state index is 4.25. The molecular weight excluding hydrogens is 168 g/mol. The number of nitrogens with two attached hydrogens (primary N) is 4. The Bertz CT molecular complexity index is 12.5. The first-order chi connectivity index (χ1) is 4.00. The van der Waals surface area contributed by atoms with Crippen LogP contribution in [0, 0.1) is 28.2 Å². The molecule has 0 aliphatic heterocycles. The van der Waals surface area contributed by atoms with Gasteiger partial charge in [-0.1, -0.05) is 0 Å². The van der Waals surface area contributed by atoms with Gasteiger partial charge in [-0.05, 0) is 0 Å². The van der Waals surface area contributed by atoms with E-state index < -0.39 is 0 Å². The fraction of sp³-hybridized carbons (Fsp3) is 0. The summed E-state index contributed by atoms with van der Waals surface area (Å²) < 4.78 is 0. The first-order valence-corrected chi connectivity index (χ1v) is 1.63. The van der Waals surface area contributed by atoms with Gasteiger partial charge in [0.15, 0.2) is 0 Å². The van der Waals surface area contributed by atoms with Crippen LogP contribution in [0.4, 0.5) is 0 Å². The summed E-state index contributed by atoms with van der Waals surface area (Å²) in [6.07, 6.45) is 0. The van der Waals surface area contributed by atoms with Crippen molar-refractivity contribution in [2.45, 2.75) is 0 Å². The first-order valence-electron chi connectivity index (χ1n) is 1.63. The average Bonchev–Trinajstić information content (AvgIpc) is 2.03. The molecule has 8 N–H and O–H groups in total. The molecule has 67 valence electrons. The molecule has 4 nitrogen and oxygen atoms in total. The molecule has 0 atom stereocenters. The summed E-state index contributed by atoms with van der Waals surface area (Å²) in [5, 5.41) is 0. The van der Waals surface area contributed by atoms with Crippen LogP contribution >= 0.6 is 0 Å². The summed E-state index contributed by atoms with van der Waals surface area (Å²) in [7, 11) is 11.0. The van der Waals surface area contributed by atoms with Crippen molar-refractivity contribution in [2.75, 3.05) is 0 Å². The minimum absolute atomic E-state index is 0. The van der Waals surface area contributed by atoms with Gasteiger partial charge in [-0.2, -0.15) is 0 Å². The Morgan fingerprint density at radius 2 is 0.444 bits per heavy atom. The summed E-state index contributed by atoms with van der Waals surface area (Å²) in [6, 6.07) is 0. The van der Waals surface area contributed by atoms with Gasteiger partial charge in [0.2, 0.25) is 0 Å². The SMILES string of the molecule is [CH2-]N.[CH2-]N.[CH2-]N.[CH2-]N.[Cu]. The van der Waals surface area contributed by atoms with Crippen LogP contribution in [0.3, 0.4) is 0 Å². The van der Waals surface area contributed by atoms with Crippen LogP contribution in [-0.2, 0) is 17.1 Å². The second-order valence-electron chi connectivity index (χ2n) is 0. The van der Waals surface area contributed by atoms with Gasteiger partial charge in [0.05, 0.1) is 0 Å². The van der Waals surface area contributed by atoms with Crippen LogP contribution in [0.5, 0.6) is 0 Å². The van der Waals surface area contributed by atoms with Gasteiger partial charge in [-0.3, -0.25) is 28.2 Å². The van der Waals surface area contributed by atoms with E-state index in [1.54, 1.807) is 0 Å². The van der Waals surface area contributed by atoms with E-state index in [9.17, 15) is 0 Å². The standard InChI is InChI=1S/4CH4N.Cu/c4*1-2;/h4*1-2H2;/q4*-1;. The Morgan fingerprint density at radius 1 is 0.444 bits per heavy atom. The van der Waals surface area contributed by atoms with Crippen LogP contribution < -0.4 is 22.9 Å². The third kappa shape index (κ3) is 2620. The summed E-state index contributed by atoms with van der Waals surface area (Å²) in [5.74, 6) is 0. The molecule has 0 aromatic carbocycles. The molecule has 9 heavy (non-hydrogen) atoms. The molecule has 0 heterocycles. The van der Waals surface area contributed by atoms with Crippen LogP contribution in [0.25, 0.3) is 0 Å². The molecule has 0 aromatic rings. The smallest absolute Gasteiger partial charge is 0 e. The minimum Gasteiger partial charge on any atom is -0.486 e. The maximum atomic E-state index is 4.25. The van der Waals surface area contributed by atoms with Crippen molar-refractivity contribution in [3.05, 3.63) is 28.2 Å². The molecule has 0 amide bonds. The summed E-state index contributed by atoms with van der Waals surface area (Å²) in [4.78, 5) is 0. The second-order valence-corrected chi connectivity index (χ2v) is 0. The molecule has 0 fully saturated rings. The quantitative estimate of drug-likeness (QED) is 0.284. The van der Waals surface area contributed by atoms with Gasteiger partial charge in [-0.15, -0.1) is 0 Å². The van der Waals surface area contributed by atoms with E-state index >= 15 is 0 Å². The average molecular weight is 184 g/mol. The third-order valence-electron chi connectivity index (χ3n) is 0. The largest absolute Gasteiger partial charge is 0.486 e. The van der Waals surface area contributed by atoms with Gasteiger partial charge in [0.1, 0.15) is 0 Å². The Hall–Kier alpha value is 0.359. The number of rotatable bonds is 0. The molecule has 0 unspecified atom stereocenters. The monoisotopic (exact) mass is 183 g/mol. The van der Waals surface area contributed by atoms with Crippen molar-refractivity contribution in [3.63, 3.8) is 0 Å². The third-order valence-corrected chi connectivity index (χ3v) is 0. The predicted molar refractivity (Wildman–Crippen MR) is 38.2 cm³/mol. The summed E-state index contributed by atoms with van der Waals surface area (Å²) in [6.45, 7) is 0. The molecule has 5 heteroatoms. The van der Waals surface area contributed by atoms with Crippen LogP contribution in [0.15, 0.2) is 0 Å². The molecule has 0 bridgehead atoms. The van der Waals surface area contributed by atoms with E-state index in [0.29, 0.717) is 0 Å². The van der Waals surface area contributed by atoms with Crippen molar-refractivity contribution in [1.29, 1.82) is 0 Å². The van der Waals surface area contributed by atoms with Gasteiger partial charge in [0, 0.05) is 17.1 Å². The van der Waals surface area contributed by atoms with Crippen LogP contribution in [-0.4, -0.2) is 0 Å². The zero-order valence-electron chi connectivity index (χ0n) is 5.44. The van der Waals surface area contributed by atoms with E-state index in [0.717, 1.165) is 0 Å². The molecule has 1 radical (unpaired) electrons. The molecule has 0 saturated heterocycles. The van der Waals surface area contributed by atoms with E-state index in [-0.39, 0.29) is 17.1 Å². The Labute approximate surface area is 68.8 Å². The van der Waals surface area contributed by atoms with E-state index in [1.165, 1.54) is 0 Å². The Kier molecular flexibility index (Phi) is 13400. The Balaban J connectivity index is -0.00000000762. The Morgan fingerprint density at radius 3 is 0.444 bits per heavy atom. The van der Waals surface area contributed by atoms with E-state index in [1.807, 2.05) is 0 Å². The van der Waals surface area contributed by atoms with Gasteiger partial charge < -0.3 is 22.9 Å². The fourth-order valence-electron chi connectivity index (χ4n) is 0. The minimum atomic E-state index is 0. The summed E-state index contributed by atoms with van der Waals surface area (Å²) in [5.41, 5.74) is 17.0. The van der Waals surface area contributed by atoms with E-state index in [2.05, 4.69) is 51.1 Å². The van der Waals surface area contributed by atoms with Crippen molar-refractivity contribution in [3.8, 4) is 0 Å². The predicted octanol–water partition coefficient (Wildman–Crippen LogP) is -1.06. The first kappa shape index (κ1) is 34.4. The maximum Gasteiger partial charge on any atom is 0 e. The van der Waals surface area contributed by atoms with Crippen LogP contribution in [0.2, 0.25) is 0 Å². The topological polar surface area (TPSA) is 104 Å². The molecule has 0 aliphatic rings. The van der Waals surface area contributed by atoms with Crippen molar-refractivity contribution >= 4 is 0 Å². The van der Waals surface area contributed by atoms with Gasteiger partial charge in [-0.25, -0.2) is 0 Å². The van der Waals surface area contributed by atoms with Crippen molar-refractivity contribution < 1.29 is 17.1 Å². The molecule has 0 spiro atoms. The normalized spacial score (nSPS) is 2.67. The molecular formula is C4H16CuN4-4. The molecule has 0 saturated carbocycles. The van der Waals surface area contributed by atoms with E-state index in [4.69, 9.17) is 0 Å². The number of hydrogen-bond donors (Lipinski definition) is 4. The fourth-order valence-corrected chi connectivity index (χ4v) is 0. The zero-order chi connectivity index (χ0) is 8.00. The molecule has 0 rings (SSSR count).